The van der Waals surface area contributed by atoms with Crippen molar-refractivity contribution in [1.29, 1.82) is 0 Å². The van der Waals surface area contributed by atoms with E-state index in [1.165, 1.54) is 12.1 Å². The number of halogens is 1. The van der Waals surface area contributed by atoms with Crippen LogP contribution >= 0.6 is 0 Å². The van der Waals surface area contributed by atoms with Crippen LogP contribution in [0.2, 0.25) is 0 Å². The third kappa shape index (κ3) is 5.81. The van der Waals surface area contributed by atoms with Gasteiger partial charge in [0, 0.05) is 11.9 Å². The molecule has 0 saturated carbocycles. The summed E-state index contributed by atoms with van der Waals surface area (Å²) in [5.41, 5.74) is 1.64. The Kier molecular flexibility index (Phi) is 6.68. The van der Waals surface area contributed by atoms with E-state index in [1.54, 1.807) is 24.3 Å². The highest BCUT2D eigenvalue weighted by Crippen LogP contribution is 2.24. The number of ether oxygens (including phenoxy) is 1. The van der Waals surface area contributed by atoms with Crippen molar-refractivity contribution in [1.82, 2.24) is 0 Å². The molecule has 0 unspecified atom stereocenters. The van der Waals surface area contributed by atoms with E-state index in [0.29, 0.717) is 18.0 Å². The van der Waals surface area contributed by atoms with Gasteiger partial charge in [0.1, 0.15) is 23.1 Å². The highest BCUT2D eigenvalue weighted by atomic mass is 32.2. The van der Waals surface area contributed by atoms with Crippen molar-refractivity contribution < 1.29 is 22.3 Å². The maximum absolute atomic E-state index is 13.9. The highest BCUT2D eigenvalue weighted by Gasteiger charge is 2.19. The lowest BCUT2D eigenvalue weighted by Crippen LogP contribution is -2.22. The highest BCUT2D eigenvalue weighted by molar-refractivity contribution is 7.90. The smallest absolute Gasteiger partial charge is 0.243 e. The summed E-state index contributed by atoms with van der Waals surface area (Å²) >= 11 is 0. The zero-order valence-corrected chi connectivity index (χ0v) is 17.1. The van der Waals surface area contributed by atoms with Gasteiger partial charge >= 0.3 is 0 Å². The molecule has 1 amide bonds. The topological polar surface area (TPSA) is 84.5 Å². The minimum absolute atomic E-state index is 0.0392. The number of benzene rings is 3. The number of sulfone groups is 1. The number of carbonyl (C=O) groups is 1. The Morgan fingerprint density at radius 2 is 1.67 bits per heavy atom. The SMILES string of the molecule is CS(=O)(=O)c1c(F)cccc1NCC(=O)Nc1ccc(OCc2ccccc2)cc1. The lowest BCUT2D eigenvalue weighted by Gasteiger charge is -2.12. The third-order valence-electron chi connectivity index (χ3n) is 4.16. The maximum atomic E-state index is 13.9. The van der Waals surface area contributed by atoms with Gasteiger partial charge in [-0.15, -0.1) is 0 Å². The molecule has 30 heavy (non-hydrogen) atoms. The molecule has 8 heteroatoms. The van der Waals surface area contributed by atoms with Gasteiger partial charge in [-0.2, -0.15) is 0 Å². The van der Waals surface area contributed by atoms with E-state index in [2.05, 4.69) is 10.6 Å². The first kappa shape index (κ1) is 21.3. The predicted octanol–water partition coefficient (Wildman–Crippen LogP) is 3.86. The molecule has 0 aliphatic heterocycles. The van der Waals surface area contributed by atoms with E-state index >= 15 is 0 Å². The number of amides is 1. The second-order valence-electron chi connectivity index (χ2n) is 6.59. The van der Waals surface area contributed by atoms with Crippen molar-refractivity contribution in [3.05, 3.63) is 84.2 Å². The Bertz CT molecular complexity index is 1120. The Hall–Kier alpha value is -3.39. The first-order chi connectivity index (χ1) is 14.3. The van der Waals surface area contributed by atoms with Crippen molar-refractivity contribution in [2.75, 3.05) is 23.4 Å². The van der Waals surface area contributed by atoms with Gasteiger partial charge in [-0.25, -0.2) is 12.8 Å². The number of hydrogen-bond acceptors (Lipinski definition) is 5. The Morgan fingerprint density at radius 1 is 0.967 bits per heavy atom. The molecule has 0 spiro atoms. The van der Waals surface area contributed by atoms with Gasteiger partial charge in [0.05, 0.1) is 12.2 Å². The van der Waals surface area contributed by atoms with Crippen LogP contribution in [0.4, 0.5) is 15.8 Å². The number of hydrogen-bond donors (Lipinski definition) is 2. The van der Waals surface area contributed by atoms with Crippen LogP contribution < -0.4 is 15.4 Å². The van der Waals surface area contributed by atoms with Gasteiger partial charge in [0.2, 0.25) is 5.91 Å². The molecule has 0 saturated heterocycles. The van der Waals surface area contributed by atoms with E-state index in [-0.39, 0.29) is 12.2 Å². The van der Waals surface area contributed by atoms with E-state index in [1.807, 2.05) is 30.3 Å². The molecule has 0 radical (unpaired) electrons. The minimum atomic E-state index is -3.78. The molecule has 156 valence electrons. The Labute approximate surface area is 174 Å². The summed E-state index contributed by atoms with van der Waals surface area (Å²) in [6, 6.07) is 20.5. The second-order valence-corrected chi connectivity index (χ2v) is 8.54. The van der Waals surface area contributed by atoms with Crippen LogP contribution in [-0.2, 0) is 21.2 Å². The van der Waals surface area contributed by atoms with E-state index < -0.39 is 26.5 Å². The normalized spacial score (nSPS) is 11.0. The van der Waals surface area contributed by atoms with Crippen LogP contribution in [0, 0.1) is 5.82 Å². The molecular weight excluding hydrogens is 407 g/mol. The number of carbonyl (C=O) groups excluding carboxylic acids is 1. The van der Waals surface area contributed by atoms with E-state index in [0.717, 1.165) is 17.9 Å². The largest absolute Gasteiger partial charge is 0.489 e. The number of nitrogens with one attached hydrogen (secondary N) is 2. The molecule has 3 aromatic carbocycles. The van der Waals surface area contributed by atoms with Crippen LogP contribution in [0.25, 0.3) is 0 Å². The summed E-state index contributed by atoms with van der Waals surface area (Å²) in [5, 5.41) is 5.36. The second kappa shape index (κ2) is 9.41. The first-order valence-corrected chi connectivity index (χ1v) is 11.0. The molecule has 3 rings (SSSR count). The number of rotatable bonds is 8. The van der Waals surface area contributed by atoms with Crippen molar-refractivity contribution >= 4 is 27.1 Å². The van der Waals surface area contributed by atoms with E-state index in [4.69, 9.17) is 4.74 Å². The summed E-state index contributed by atoms with van der Waals surface area (Å²) < 4.78 is 43.2. The maximum Gasteiger partial charge on any atom is 0.243 e. The fourth-order valence-electron chi connectivity index (χ4n) is 2.78. The quantitative estimate of drug-likeness (QED) is 0.569. The zero-order chi connectivity index (χ0) is 21.6. The Balaban J connectivity index is 1.55. The van der Waals surface area contributed by atoms with Crippen LogP contribution in [-0.4, -0.2) is 27.1 Å². The molecule has 0 heterocycles. The lowest BCUT2D eigenvalue weighted by atomic mass is 10.2. The van der Waals surface area contributed by atoms with Gasteiger partial charge in [-0.05, 0) is 42.0 Å². The molecule has 0 aliphatic carbocycles. The van der Waals surface area contributed by atoms with Gasteiger partial charge < -0.3 is 15.4 Å². The molecule has 6 nitrogen and oxygen atoms in total. The van der Waals surface area contributed by atoms with Crippen LogP contribution in [0.15, 0.2) is 77.7 Å². The molecule has 0 fully saturated rings. The first-order valence-electron chi connectivity index (χ1n) is 9.12. The lowest BCUT2D eigenvalue weighted by molar-refractivity contribution is -0.114. The molecule has 2 N–H and O–H groups in total. The van der Waals surface area contributed by atoms with Crippen molar-refractivity contribution in [3.63, 3.8) is 0 Å². The summed E-state index contributed by atoms with van der Waals surface area (Å²) in [7, 11) is -3.78. The molecule has 0 aromatic heterocycles. The summed E-state index contributed by atoms with van der Waals surface area (Å²) in [6.07, 6.45) is 0.915. The molecule has 0 aliphatic rings. The van der Waals surface area contributed by atoms with Crippen LogP contribution in [0.5, 0.6) is 5.75 Å². The average molecular weight is 428 g/mol. The summed E-state index contributed by atoms with van der Waals surface area (Å²) in [4.78, 5) is 11.7. The molecule has 3 aromatic rings. The average Bonchev–Trinajstić information content (AvgIpc) is 2.71. The summed E-state index contributed by atoms with van der Waals surface area (Å²) in [6.45, 7) is 0.213. The molecular formula is C22H21FN2O4S. The standard InChI is InChI=1S/C22H21FN2O4S/c1-30(27,28)22-19(23)8-5-9-20(22)24-14-21(26)25-17-10-12-18(13-11-17)29-15-16-6-3-2-4-7-16/h2-13,24H,14-15H2,1H3,(H,25,26). The minimum Gasteiger partial charge on any atom is -0.489 e. The number of anilines is 2. The van der Waals surface area contributed by atoms with Crippen molar-refractivity contribution in [2.24, 2.45) is 0 Å². The Morgan fingerprint density at radius 3 is 2.33 bits per heavy atom. The molecule has 0 atom stereocenters. The third-order valence-corrected chi connectivity index (χ3v) is 5.32. The summed E-state index contributed by atoms with van der Waals surface area (Å²) in [5.74, 6) is -0.613. The van der Waals surface area contributed by atoms with E-state index in [9.17, 15) is 17.6 Å². The van der Waals surface area contributed by atoms with Gasteiger partial charge in [-0.3, -0.25) is 4.79 Å². The molecule has 0 bridgehead atoms. The van der Waals surface area contributed by atoms with Crippen molar-refractivity contribution in [2.45, 2.75) is 11.5 Å². The predicted molar refractivity (Wildman–Crippen MR) is 114 cm³/mol. The van der Waals surface area contributed by atoms with Gasteiger partial charge in [0.15, 0.2) is 9.84 Å². The van der Waals surface area contributed by atoms with Crippen LogP contribution in [0.3, 0.4) is 0 Å². The van der Waals surface area contributed by atoms with Crippen LogP contribution in [0.1, 0.15) is 5.56 Å². The fraction of sp³-hybridized carbons (Fsp3) is 0.136. The van der Waals surface area contributed by atoms with Gasteiger partial charge in [0.25, 0.3) is 0 Å². The zero-order valence-electron chi connectivity index (χ0n) is 16.3. The monoisotopic (exact) mass is 428 g/mol. The fourth-order valence-corrected chi connectivity index (χ4v) is 3.74. The van der Waals surface area contributed by atoms with Gasteiger partial charge in [-0.1, -0.05) is 36.4 Å². The van der Waals surface area contributed by atoms with Crippen molar-refractivity contribution in [3.8, 4) is 5.75 Å².